The smallest absolute Gasteiger partial charge is 0.171 e. The van der Waals surface area contributed by atoms with E-state index in [4.69, 9.17) is 11.6 Å². The lowest BCUT2D eigenvalue weighted by atomic mass is 10.2. The number of aromatic nitrogens is 2. The maximum atomic E-state index is 11.1. The van der Waals surface area contributed by atoms with Gasteiger partial charge in [0.1, 0.15) is 0 Å². The number of benzene rings is 2. The Balaban J connectivity index is 2.03. The quantitative estimate of drug-likeness (QED) is 0.725. The van der Waals surface area contributed by atoms with Crippen LogP contribution < -0.4 is 0 Å². The van der Waals surface area contributed by atoms with Gasteiger partial charge in [0.25, 0.3) is 0 Å². The van der Waals surface area contributed by atoms with Crippen LogP contribution in [-0.4, -0.2) is 16.3 Å². The topological polar surface area (TPSA) is 45.8 Å². The molecule has 100 valence electrons. The molecule has 0 amide bonds. The zero-order chi connectivity index (χ0) is 14.1. The number of aldehydes is 1. The van der Waals surface area contributed by atoms with Gasteiger partial charge < -0.3 is 4.98 Å². The van der Waals surface area contributed by atoms with Gasteiger partial charge in [0.15, 0.2) is 11.4 Å². The first kappa shape index (κ1) is 13.2. The molecule has 0 aliphatic heterocycles. The van der Waals surface area contributed by atoms with Crippen LogP contribution in [0, 0.1) is 6.92 Å². The summed E-state index contributed by atoms with van der Waals surface area (Å²) in [6.07, 6.45) is 0.807. The number of rotatable bonds is 3. The van der Waals surface area contributed by atoms with Crippen molar-refractivity contribution in [2.45, 2.75) is 17.0 Å². The molecule has 0 fully saturated rings. The summed E-state index contributed by atoms with van der Waals surface area (Å²) in [5, 5.41) is 1.28. The molecule has 0 bridgehead atoms. The third kappa shape index (κ3) is 2.44. The SMILES string of the molecule is Cc1ccc2nc(Sc3c(Cl)cccc3C=O)[nH]c2c1. The molecule has 0 saturated heterocycles. The van der Waals surface area contributed by atoms with Crippen molar-refractivity contribution in [2.75, 3.05) is 0 Å². The molecule has 0 atom stereocenters. The first-order valence-corrected chi connectivity index (χ1v) is 7.25. The lowest BCUT2D eigenvalue weighted by Crippen LogP contribution is -1.86. The van der Waals surface area contributed by atoms with Crippen molar-refractivity contribution in [1.29, 1.82) is 0 Å². The Morgan fingerprint density at radius 1 is 1.30 bits per heavy atom. The summed E-state index contributed by atoms with van der Waals surface area (Å²) >= 11 is 7.53. The summed E-state index contributed by atoms with van der Waals surface area (Å²) in [7, 11) is 0. The van der Waals surface area contributed by atoms with Crippen molar-refractivity contribution in [3.63, 3.8) is 0 Å². The highest BCUT2D eigenvalue weighted by Crippen LogP contribution is 2.34. The third-order valence-electron chi connectivity index (χ3n) is 2.94. The molecule has 0 spiro atoms. The summed E-state index contributed by atoms with van der Waals surface area (Å²) < 4.78 is 0. The molecule has 2 aromatic carbocycles. The summed E-state index contributed by atoms with van der Waals surface area (Å²) in [5.41, 5.74) is 3.62. The molecular weight excluding hydrogens is 292 g/mol. The number of carbonyl (C=O) groups is 1. The van der Waals surface area contributed by atoms with Crippen molar-refractivity contribution < 1.29 is 4.79 Å². The number of nitrogens with one attached hydrogen (secondary N) is 1. The van der Waals surface area contributed by atoms with E-state index in [9.17, 15) is 4.79 Å². The normalized spacial score (nSPS) is 10.9. The summed E-state index contributed by atoms with van der Waals surface area (Å²) in [6, 6.07) is 11.3. The second-order valence-corrected chi connectivity index (χ2v) is 5.85. The number of hydrogen-bond donors (Lipinski definition) is 1. The van der Waals surface area contributed by atoms with E-state index in [0.717, 1.165) is 27.4 Å². The number of aryl methyl sites for hydroxylation is 1. The van der Waals surface area contributed by atoms with Gasteiger partial charge in [-0.15, -0.1) is 0 Å². The molecule has 3 nitrogen and oxygen atoms in total. The largest absolute Gasteiger partial charge is 0.333 e. The molecule has 5 heteroatoms. The first-order chi connectivity index (χ1) is 9.67. The van der Waals surface area contributed by atoms with E-state index in [1.54, 1.807) is 18.2 Å². The molecule has 0 aliphatic rings. The van der Waals surface area contributed by atoms with Gasteiger partial charge in [-0.1, -0.05) is 29.8 Å². The maximum Gasteiger partial charge on any atom is 0.171 e. The molecular formula is C15H11ClN2OS. The molecule has 1 N–H and O–H groups in total. The molecule has 0 aliphatic carbocycles. The van der Waals surface area contributed by atoms with Crippen LogP contribution in [0.5, 0.6) is 0 Å². The van der Waals surface area contributed by atoms with Crippen LogP contribution in [0.25, 0.3) is 11.0 Å². The maximum absolute atomic E-state index is 11.1. The van der Waals surface area contributed by atoms with E-state index in [1.165, 1.54) is 17.3 Å². The van der Waals surface area contributed by atoms with Gasteiger partial charge in [-0.25, -0.2) is 4.98 Å². The van der Waals surface area contributed by atoms with Crippen LogP contribution in [0.15, 0.2) is 46.5 Å². The van der Waals surface area contributed by atoms with Gasteiger partial charge in [-0.05, 0) is 42.4 Å². The highest BCUT2D eigenvalue weighted by Gasteiger charge is 2.11. The third-order valence-corrected chi connectivity index (χ3v) is 4.41. The molecule has 0 radical (unpaired) electrons. The number of halogens is 1. The molecule has 3 aromatic rings. The Morgan fingerprint density at radius 2 is 2.15 bits per heavy atom. The van der Waals surface area contributed by atoms with Crippen LogP contribution in [0.2, 0.25) is 5.02 Å². The second-order valence-electron chi connectivity index (χ2n) is 4.44. The minimum atomic E-state index is 0.552. The number of hydrogen-bond acceptors (Lipinski definition) is 3. The van der Waals surface area contributed by atoms with Gasteiger partial charge >= 0.3 is 0 Å². The Bertz CT molecular complexity index is 798. The first-order valence-electron chi connectivity index (χ1n) is 6.05. The molecule has 1 aromatic heterocycles. The number of fused-ring (bicyclic) bond motifs is 1. The average molecular weight is 303 g/mol. The Kier molecular flexibility index (Phi) is 3.51. The highest BCUT2D eigenvalue weighted by atomic mass is 35.5. The number of aromatic amines is 1. The minimum Gasteiger partial charge on any atom is -0.333 e. The Morgan fingerprint density at radius 3 is 2.95 bits per heavy atom. The van der Waals surface area contributed by atoms with Crippen molar-refractivity contribution in [1.82, 2.24) is 9.97 Å². The zero-order valence-electron chi connectivity index (χ0n) is 10.7. The van der Waals surface area contributed by atoms with E-state index in [0.29, 0.717) is 10.6 Å². The summed E-state index contributed by atoms with van der Waals surface area (Å²) in [6.45, 7) is 2.03. The van der Waals surface area contributed by atoms with Gasteiger partial charge in [-0.3, -0.25) is 4.79 Å². The van der Waals surface area contributed by atoms with E-state index in [-0.39, 0.29) is 0 Å². The number of carbonyl (C=O) groups excluding carboxylic acids is 1. The van der Waals surface area contributed by atoms with Crippen molar-refractivity contribution in [2.24, 2.45) is 0 Å². The van der Waals surface area contributed by atoms with E-state index < -0.39 is 0 Å². The Labute approximate surface area is 125 Å². The predicted molar refractivity (Wildman–Crippen MR) is 81.8 cm³/mol. The molecule has 20 heavy (non-hydrogen) atoms. The lowest BCUT2D eigenvalue weighted by Gasteiger charge is -2.04. The second kappa shape index (κ2) is 5.31. The summed E-state index contributed by atoms with van der Waals surface area (Å²) in [4.78, 5) is 19.5. The van der Waals surface area contributed by atoms with Crippen LogP contribution in [0.4, 0.5) is 0 Å². The van der Waals surface area contributed by atoms with Gasteiger partial charge in [-0.2, -0.15) is 0 Å². The Hall–Kier alpha value is -1.78. The van der Waals surface area contributed by atoms with Crippen LogP contribution in [0.1, 0.15) is 15.9 Å². The van der Waals surface area contributed by atoms with Gasteiger partial charge in [0.2, 0.25) is 0 Å². The average Bonchev–Trinajstić information content (AvgIpc) is 2.82. The van der Waals surface area contributed by atoms with E-state index >= 15 is 0 Å². The van der Waals surface area contributed by atoms with E-state index in [2.05, 4.69) is 9.97 Å². The monoisotopic (exact) mass is 302 g/mol. The standard InChI is InChI=1S/C15H11ClN2OS/c1-9-5-6-12-13(7-9)18-15(17-12)20-14-10(8-19)3-2-4-11(14)16/h2-8H,1H3,(H,17,18). The molecule has 3 rings (SSSR count). The number of H-pyrrole nitrogens is 1. The summed E-state index contributed by atoms with van der Waals surface area (Å²) in [5.74, 6) is 0. The highest BCUT2D eigenvalue weighted by molar-refractivity contribution is 7.99. The van der Waals surface area contributed by atoms with Crippen LogP contribution in [0.3, 0.4) is 0 Å². The van der Waals surface area contributed by atoms with Gasteiger partial charge in [0.05, 0.1) is 16.1 Å². The number of nitrogens with zero attached hydrogens (tertiary/aromatic N) is 1. The van der Waals surface area contributed by atoms with Crippen LogP contribution >= 0.6 is 23.4 Å². The minimum absolute atomic E-state index is 0.552. The van der Waals surface area contributed by atoms with Crippen molar-refractivity contribution in [3.8, 4) is 0 Å². The van der Waals surface area contributed by atoms with E-state index in [1.807, 2.05) is 25.1 Å². The molecule has 1 heterocycles. The van der Waals surface area contributed by atoms with Crippen LogP contribution in [-0.2, 0) is 0 Å². The predicted octanol–water partition coefficient (Wildman–Crippen LogP) is 4.49. The van der Waals surface area contributed by atoms with Crippen molar-refractivity contribution >= 4 is 40.7 Å². The lowest BCUT2D eigenvalue weighted by molar-refractivity contribution is 0.112. The fourth-order valence-corrected chi connectivity index (χ4v) is 3.17. The fraction of sp³-hybridized carbons (Fsp3) is 0.0667. The van der Waals surface area contributed by atoms with Gasteiger partial charge in [0, 0.05) is 10.5 Å². The number of imidazole rings is 1. The van der Waals surface area contributed by atoms with Crippen molar-refractivity contribution in [3.05, 3.63) is 52.5 Å². The molecule has 0 unspecified atom stereocenters. The fourth-order valence-electron chi connectivity index (χ4n) is 1.97. The zero-order valence-corrected chi connectivity index (χ0v) is 12.3. The molecule has 0 saturated carbocycles.